The summed E-state index contributed by atoms with van der Waals surface area (Å²) >= 11 is 1.47. The van der Waals surface area contributed by atoms with Crippen molar-refractivity contribution < 1.29 is 9.13 Å². The third kappa shape index (κ3) is 2.86. The molecule has 3 nitrogen and oxygen atoms in total. The molecule has 0 radical (unpaired) electrons. The fourth-order valence-electron chi connectivity index (χ4n) is 1.70. The Bertz CT molecular complexity index is 540. The molecule has 2 rings (SSSR count). The summed E-state index contributed by atoms with van der Waals surface area (Å²) in [5.41, 5.74) is 7.34. The standard InChI is InChI=1S/C13H15FN2OS/c1-8(15)5-10-7-18-13(16-10)11-6-9(14)3-4-12(11)17-2/h3-4,6-8H,5,15H2,1-2H3. The molecule has 1 unspecified atom stereocenters. The summed E-state index contributed by atoms with van der Waals surface area (Å²) in [4.78, 5) is 4.46. The number of ether oxygens (including phenoxy) is 1. The average Bonchev–Trinajstić information content (AvgIpc) is 2.76. The van der Waals surface area contributed by atoms with Gasteiger partial charge in [-0.1, -0.05) is 0 Å². The Balaban J connectivity index is 2.36. The van der Waals surface area contributed by atoms with Crippen molar-refractivity contribution >= 4 is 11.3 Å². The summed E-state index contributed by atoms with van der Waals surface area (Å²) in [6, 6.07) is 4.48. The van der Waals surface area contributed by atoms with Crippen LogP contribution in [0, 0.1) is 5.82 Å². The highest BCUT2D eigenvalue weighted by Crippen LogP contribution is 2.32. The number of hydrogen-bond donors (Lipinski definition) is 1. The normalized spacial score (nSPS) is 12.4. The van der Waals surface area contributed by atoms with Crippen molar-refractivity contribution in [3.63, 3.8) is 0 Å². The lowest BCUT2D eigenvalue weighted by Crippen LogP contribution is -2.17. The fourth-order valence-corrected chi connectivity index (χ4v) is 2.55. The molecule has 1 atom stereocenters. The number of benzene rings is 1. The maximum atomic E-state index is 13.3. The maximum Gasteiger partial charge on any atom is 0.129 e. The number of halogens is 1. The van der Waals surface area contributed by atoms with E-state index < -0.39 is 0 Å². The van der Waals surface area contributed by atoms with Gasteiger partial charge in [0.15, 0.2) is 0 Å². The molecule has 0 bridgehead atoms. The topological polar surface area (TPSA) is 48.1 Å². The molecule has 0 aliphatic carbocycles. The highest BCUT2D eigenvalue weighted by molar-refractivity contribution is 7.13. The van der Waals surface area contributed by atoms with Crippen LogP contribution in [0.2, 0.25) is 0 Å². The number of nitrogens with zero attached hydrogens (tertiary/aromatic N) is 1. The second-order valence-electron chi connectivity index (χ2n) is 4.17. The molecule has 0 saturated heterocycles. The molecule has 0 fully saturated rings. The van der Waals surface area contributed by atoms with Gasteiger partial charge >= 0.3 is 0 Å². The zero-order valence-corrected chi connectivity index (χ0v) is 11.1. The van der Waals surface area contributed by atoms with Gasteiger partial charge in [-0.05, 0) is 25.1 Å². The van der Waals surface area contributed by atoms with Gasteiger partial charge in [0.25, 0.3) is 0 Å². The molecule has 0 aliphatic heterocycles. The van der Waals surface area contributed by atoms with E-state index in [2.05, 4.69) is 4.98 Å². The van der Waals surface area contributed by atoms with E-state index in [9.17, 15) is 4.39 Å². The van der Waals surface area contributed by atoms with Crippen LogP contribution in [0.25, 0.3) is 10.6 Å². The van der Waals surface area contributed by atoms with E-state index in [0.29, 0.717) is 17.7 Å². The molecule has 18 heavy (non-hydrogen) atoms. The predicted octanol–water partition coefficient (Wildman–Crippen LogP) is 2.85. The number of methoxy groups -OCH3 is 1. The molecule has 2 aromatic rings. The molecule has 1 aromatic heterocycles. The number of nitrogens with two attached hydrogens (primary N) is 1. The summed E-state index contributed by atoms with van der Waals surface area (Å²) in [6.07, 6.45) is 0.716. The first-order valence-electron chi connectivity index (χ1n) is 5.64. The van der Waals surface area contributed by atoms with Gasteiger partial charge in [0.2, 0.25) is 0 Å². The number of hydrogen-bond acceptors (Lipinski definition) is 4. The first-order valence-corrected chi connectivity index (χ1v) is 6.52. The smallest absolute Gasteiger partial charge is 0.129 e. The minimum atomic E-state index is -0.297. The van der Waals surface area contributed by atoms with Crippen molar-refractivity contribution in [1.82, 2.24) is 4.98 Å². The SMILES string of the molecule is COc1ccc(F)cc1-c1nc(CC(C)N)cs1. The largest absolute Gasteiger partial charge is 0.496 e. The van der Waals surface area contributed by atoms with Gasteiger partial charge in [-0.3, -0.25) is 0 Å². The van der Waals surface area contributed by atoms with Crippen LogP contribution in [0.15, 0.2) is 23.6 Å². The second-order valence-corrected chi connectivity index (χ2v) is 5.03. The molecule has 96 valence electrons. The Morgan fingerprint density at radius 3 is 2.94 bits per heavy atom. The Morgan fingerprint density at radius 2 is 2.28 bits per heavy atom. The lowest BCUT2D eigenvalue weighted by Gasteiger charge is -2.05. The van der Waals surface area contributed by atoms with Crippen LogP contribution in [0.1, 0.15) is 12.6 Å². The van der Waals surface area contributed by atoms with E-state index in [1.54, 1.807) is 13.2 Å². The van der Waals surface area contributed by atoms with Crippen LogP contribution in [0.3, 0.4) is 0 Å². The number of aromatic nitrogens is 1. The molecule has 0 spiro atoms. The Kier molecular flexibility index (Phi) is 3.93. The van der Waals surface area contributed by atoms with Crippen molar-refractivity contribution in [2.24, 2.45) is 5.73 Å². The molecular weight excluding hydrogens is 251 g/mol. The third-order valence-corrected chi connectivity index (χ3v) is 3.40. The zero-order valence-electron chi connectivity index (χ0n) is 10.3. The quantitative estimate of drug-likeness (QED) is 0.925. The summed E-state index contributed by atoms with van der Waals surface area (Å²) in [5, 5.41) is 2.70. The maximum absolute atomic E-state index is 13.3. The van der Waals surface area contributed by atoms with E-state index >= 15 is 0 Å². The van der Waals surface area contributed by atoms with Crippen LogP contribution >= 0.6 is 11.3 Å². The summed E-state index contributed by atoms with van der Waals surface area (Å²) < 4.78 is 18.5. The number of rotatable bonds is 4. The van der Waals surface area contributed by atoms with Gasteiger partial charge in [-0.15, -0.1) is 11.3 Å². The molecule has 1 aromatic carbocycles. The second kappa shape index (κ2) is 5.46. The lowest BCUT2D eigenvalue weighted by molar-refractivity contribution is 0.415. The minimum Gasteiger partial charge on any atom is -0.496 e. The summed E-state index contributed by atoms with van der Waals surface area (Å²) in [7, 11) is 1.56. The minimum absolute atomic E-state index is 0.0642. The van der Waals surface area contributed by atoms with Crippen molar-refractivity contribution in [2.75, 3.05) is 7.11 Å². The Morgan fingerprint density at radius 1 is 1.50 bits per heavy atom. The first kappa shape index (κ1) is 13.0. The molecule has 5 heteroatoms. The van der Waals surface area contributed by atoms with Gasteiger partial charge in [0, 0.05) is 17.8 Å². The van der Waals surface area contributed by atoms with Crippen LogP contribution < -0.4 is 10.5 Å². The average molecular weight is 266 g/mol. The first-order chi connectivity index (χ1) is 8.60. The van der Waals surface area contributed by atoms with Crippen molar-refractivity contribution in [1.29, 1.82) is 0 Å². The Labute approximate surface area is 109 Å². The predicted molar refractivity (Wildman–Crippen MR) is 71.4 cm³/mol. The Hall–Kier alpha value is -1.46. The molecule has 0 aliphatic rings. The van der Waals surface area contributed by atoms with E-state index in [1.807, 2.05) is 12.3 Å². The monoisotopic (exact) mass is 266 g/mol. The molecular formula is C13H15FN2OS. The van der Waals surface area contributed by atoms with Crippen molar-refractivity contribution in [3.05, 3.63) is 35.1 Å². The van der Waals surface area contributed by atoms with Crippen molar-refractivity contribution in [3.8, 4) is 16.3 Å². The van der Waals surface area contributed by atoms with E-state index in [-0.39, 0.29) is 11.9 Å². The van der Waals surface area contributed by atoms with E-state index in [1.165, 1.54) is 23.5 Å². The van der Waals surface area contributed by atoms with Gasteiger partial charge in [0.1, 0.15) is 16.6 Å². The molecule has 2 N–H and O–H groups in total. The van der Waals surface area contributed by atoms with Gasteiger partial charge in [0.05, 0.1) is 18.4 Å². The summed E-state index contributed by atoms with van der Waals surface area (Å²) in [6.45, 7) is 1.93. The third-order valence-electron chi connectivity index (χ3n) is 2.47. The van der Waals surface area contributed by atoms with Crippen LogP contribution in [-0.2, 0) is 6.42 Å². The molecule has 1 heterocycles. The number of thiazole rings is 1. The molecule has 0 amide bonds. The summed E-state index contributed by atoms with van der Waals surface area (Å²) in [5.74, 6) is 0.327. The van der Waals surface area contributed by atoms with Crippen LogP contribution in [-0.4, -0.2) is 18.1 Å². The van der Waals surface area contributed by atoms with Crippen molar-refractivity contribution in [2.45, 2.75) is 19.4 Å². The van der Waals surface area contributed by atoms with Crippen LogP contribution in [0.4, 0.5) is 4.39 Å². The highest BCUT2D eigenvalue weighted by Gasteiger charge is 2.12. The van der Waals surface area contributed by atoms with E-state index in [0.717, 1.165) is 10.7 Å². The highest BCUT2D eigenvalue weighted by atomic mass is 32.1. The van der Waals surface area contributed by atoms with Gasteiger partial charge in [-0.2, -0.15) is 0 Å². The van der Waals surface area contributed by atoms with Crippen LogP contribution in [0.5, 0.6) is 5.75 Å². The van der Waals surface area contributed by atoms with E-state index in [4.69, 9.17) is 10.5 Å². The zero-order chi connectivity index (χ0) is 13.1. The lowest BCUT2D eigenvalue weighted by atomic mass is 10.2. The molecule has 0 saturated carbocycles. The van der Waals surface area contributed by atoms with Gasteiger partial charge < -0.3 is 10.5 Å². The fraction of sp³-hybridized carbons (Fsp3) is 0.308. The van der Waals surface area contributed by atoms with Gasteiger partial charge in [-0.25, -0.2) is 9.37 Å².